The van der Waals surface area contributed by atoms with Crippen LogP contribution in [0, 0.1) is 0 Å². The SMILES string of the molecule is CC(C)(C)c1cc(/C=C2/SC(=Nc3ccccc3Cl)NC2=O)cc(C(C)(C)C)c1O. The molecule has 2 N–H and O–H groups in total. The number of aromatic hydroxyl groups is 1. The zero-order valence-corrected chi connectivity index (χ0v) is 19.7. The molecular formula is C24H27ClN2O2S. The molecule has 158 valence electrons. The molecule has 1 heterocycles. The lowest BCUT2D eigenvalue weighted by Crippen LogP contribution is -2.19. The maximum absolute atomic E-state index is 12.5. The molecule has 0 aliphatic carbocycles. The van der Waals surface area contributed by atoms with Crippen molar-refractivity contribution in [1.82, 2.24) is 5.32 Å². The van der Waals surface area contributed by atoms with Crippen molar-refractivity contribution in [3.63, 3.8) is 0 Å². The summed E-state index contributed by atoms with van der Waals surface area (Å²) in [4.78, 5) is 17.5. The molecule has 1 saturated heterocycles. The number of phenols is 1. The second-order valence-electron chi connectivity index (χ2n) is 9.40. The number of phenolic OH excluding ortho intramolecular Hbond substituents is 1. The van der Waals surface area contributed by atoms with E-state index in [0.717, 1.165) is 16.7 Å². The minimum Gasteiger partial charge on any atom is -0.507 e. The third-order valence-corrected chi connectivity index (χ3v) is 6.00. The summed E-state index contributed by atoms with van der Waals surface area (Å²) in [7, 11) is 0. The minimum atomic E-state index is -0.236. The number of amidine groups is 1. The average molecular weight is 443 g/mol. The van der Waals surface area contributed by atoms with Crippen LogP contribution in [0.15, 0.2) is 46.3 Å². The second kappa shape index (κ2) is 8.12. The molecule has 1 aliphatic rings. The maximum atomic E-state index is 12.5. The molecule has 0 atom stereocenters. The van der Waals surface area contributed by atoms with Gasteiger partial charge in [-0.15, -0.1) is 0 Å². The van der Waals surface area contributed by atoms with Gasteiger partial charge in [0.15, 0.2) is 5.17 Å². The van der Waals surface area contributed by atoms with Gasteiger partial charge in [-0.25, -0.2) is 4.99 Å². The van der Waals surface area contributed by atoms with Gasteiger partial charge in [-0.05, 0) is 58.5 Å². The highest BCUT2D eigenvalue weighted by atomic mass is 35.5. The third-order valence-electron chi connectivity index (χ3n) is 4.77. The highest BCUT2D eigenvalue weighted by Crippen LogP contribution is 2.41. The van der Waals surface area contributed by atoms with Crippen LogP contribution in [0.4, 0.5) is 5.69 Å². The van der Waals surface area contributed by atoms with Crippen LogP contribution in [0.3, 0.4) is 0 Å². The summed E-state index contributed by atoms with van der Waals surface area (Å²) >= 11 is 7.45. The van der Waals surface area contributed by atoms with Gasteiger partial charge < -0.3 is 10.4 Å². The number of rotatable bonds is 2. The van der Waals surface area contributed by atoms with Crippen LogP contribution >= 0.6 is 23.4 Å². The second-order valence-corrected chi connectivity index (χ2v) is 10.8. The van der Waals surface area contributed by atoms with Crippen molar-refractivity contribution in [3.05, 3.63) is 63.0 Å². The number of hydrogen-bond donors (Lipinski definition) is 2. The molecule has 1 amide bonds. The summed E-state index contributed by atoms with van der Waals surface area (Å²) in [6.45, 7) is 12.4. The van der Waals surface area contributed by atoms with Crippen molar-refractivity contribution in [2.24, 2.45) is 4.99 Å². The van der Waals surface area contributed by atoms with Crippen LogP contribution < -0.4 is 5.32 Å². The fourth-order valence-corrected chi connectivity index (χ4v) is 4.18. The molecule has 1 fully saturated rings. The number of amides is 1. The van der Waals surface area contributed by atoms with E-state index in [2.05, 4.69) is 51.9 Å². The van der Waals surface area contributed by atoms with Crippen LogP contribution in [0.25, 0.3) is 6.08 Å². The summed E-state index contributed by atoms with van der Waals surface area (Å²) in [5, 5.41) is 14.7. The summed E-state index contributed by atoms with van der Waals surface area (Å²) in [5.41, 5.74) is 2.73. The van der Waals surface area contributed by atoms with Gasteiger partial charge in [0.05, 0.1) is 15.6 Å². The van der Waals surface area contributed by atoms with Crippen molar-refractivity contribution < 1.29 is 9.90 Å². The normalized spacial score (nSPS) is 17.6. The number of carbonyl (C=O) groups is 1. The van der Waals surface area contributed by atoms with E-state index < -0.39 is 0 Å². The Morgan fingerprint density at radius 2 is 1.60 bits per heavy atom. The number of benzene rings is 2. The largest absolute Gasteiger partial charge is 0.507 e. The molecule has 0 unspecified atom stereocenters. The first kappa shape index (κ1) is 22.4. The Bertz CT molecular complexity index is 1020. The molecule has 1 aliphatic heterocycles. The van der Waals surface area contributed by atoms with Crippen LogP contribution in [0.2, 0.25) is 5.02 Å². The van der Waals surface area contributed by atoms with E-state index in [-0.39, 0.29) is 16.7 Å². The number of nitrogens with zero attached hydrogens (tertiary/aromatic N) is 1. The highest BCUT2D eigenvalue weighted by molar-refractivity contribution is 8.18. The van der Waals surface area contributed by atoms with Gasteiger partial charge in [-0.2, -0.15) is 0 Å². The Morgan fingerprint density at radius 3 is 2.13 bits per heavy atom. The molecule has 2 aromatic carbocycles. The van der Waals surface area contributed by atoms with Crippen molar-refractivity contribution in [1.29, 1.82) is 0 Å². The summed E-state index contributed by atoms with van der Waals surface area (Å²) in [5.74, 6) is 0.121. The highest BCUT2D eigenvalue weighted by Gasteiger charge is 2.28. The summed E-state index contributed by atoms with van der Waals surface area (Å²) in [6, 6.07) is 11.2. The molecule has 30 heavy (non-hydrogen) atoms. The number of thioether (sulfide) groups is 1. The molecule has 0 saturated carbocycles. The Hall–Kier alpha value is -2.24. The molecular weight excluding hydrogens is 416 g/mol. The Kier molecular flexibility index (Phi) is 6.08. The van der Waals surface area contributed by atoms with Gasteiger partial charge in [-0.3, -0.25) is 4.79 Å². The number of hydrogen-bond acceptors (Lipinski definition) is 4. The summed E-state index contributed by atoms with van der Waals surface area (Å²) in [6.07, 6.45) is 1.85. The molecule has 4 nitrogen and oxygen atoms in total. The minimum absolute atomic E-state index is 0.200. The van der Waals surface area contributed by atoms with E-state index >= 15 is 0 Å². The molecule has 0 bridgehead atoms. The standard InChI is InChI=1S/C24H27ClN2O2S/c1-23(2,3)15-11-14(12-16(20(15)28)24(4,5)6)13-19-21(29)27-22(30-19)26-18-10-8-7-9-17(18)25/h7-13,28H,1-6H3,(H,26,27,29)/b19-13+. The van der Waals surface area contributed by atoms with Gasteiger partial charge in [0.25, 0.3) is 5.91 Å². The van der Waals surface area contributed by atoms with E-state index in [1.807, 2.05) is 30.3 Å². The van der Waals surface area contributed by atoms with Crippen molar-refractivity contribution in [2.45, 2.75) is 52.4 Å². The zero-order valence-electron chi connectivity index (χ0n) is 18.1. The average Bonchev–Trinajstić information content (AvgIpc) is 2.95. The van der Waals surface area contributed by atoms with Crippen LogP contribution in [-0.2, 0) is 15.6 Å². The molecule has 6 heteroatoms. The monoisotopic (exact) mass is 442 g/mol. The van der Waals surface area contributed by atoms with Crippen molar-refractivity contribution >= 4 is 46.2 Å². The van der Waals surface area contributed by atoms with E-state index in [1.165, 1.54) is 11.8 Å². The first-order valence-electron chi connectivity index (χ1n) is 9.78. The van der Waals surface area contributed by atoms with E-state index in [4.69, 9.17) is 11.6 Å². The number of aliphatic imine (C=N–C) groups is 1. The Balaban J connectivity index is 2.02. The molecule has 0 radical (unpaired) electrons. The van der Waals surface area contributed by atoms with Gasteiger partial charge in [0, 0.05) is 11.1 Å². The summed E-state index contributed by atoms with van der Waals surface area (Å²) < 4.78 is 0. The quantitative estimate of drug-likeness (QED) is 0.519. The van der Waals surface area contributed by atoms with E-state index in [9.17, 15) is 9.90 Å². The maximum Gasteiger partial charge on any atom is 0.264 e. The fourth-order valence-electron chi connectivity index (χ4n) is 3.17. The molecule has 0 spiro atoms. The predicted octanol–water partition coefficient (Wildman–Crippen LogP) is 6.53. The number of para-hydroxylation sites is 1. The lowest BCUT2D eigenvalue weighted by atomic mass is 9.78. The lowest BCUT2D eigenvalue weighted by molar-refractivity contribution is -0.115. The van der Waals surface area contributed by atoms with E-state index in [1.54, 1.807) is 12.1 Å². The van der Waals surface area contributed by atoms with Gasteiger partial charge in [-0.1, -0.05) is 65.3 Å². The van der Waals surface area contributed by atoms with Crippen LogP contribution in [0.1, 0.15) is 58.2 Å². The van der Waals surface area contributed by atoms with Crippen molar-refractivity contribution in [3.8, 4) is 5.75 Å². The van der Waals surface area contributed by atoms with E-state index in [0.29, 0.717) is 26.5 Å². The van der Waals surface area contributed by atoms with Crippen molar-refractivity contribution in [2.75, 3.05) is 0 Å². The molecule has 3 rings (SSSR count). The third kappa shape index (κ3) is 4.90. The first-order chi connectivity index (χ1) is 13.9. The Labute approximate surface area is 187 Å². The molecule has 2 aromatic rings. The fraction of sp³-hybridized carbons (Fsp3) is 0.333. The topological polar surface area (TPSA) is 61.7 Å². The Morgan fingerprint density at radius 1 is 1.03 bits per heavy atom. The smallest absolute Gasteiger partial charge is 0.264 e. The molecule has 0 aromatic heterocycles. The lowest BCUT2D eigenvalue weighted by Gasteiger charge is -2.28. The predicted molar refractivity (Wildman–Crippen MR) is 128 cm³/mol. The number of halogens is 1. The number of carbonyl (C=O) groups excluding carboxylic acids is 1. The number of nitrogens with one attached hydrogen (secondary N) is 1. The van der Waals surface area contributed by atoms with Gasteiger partial charge in [0.2, 0.25) is 0 Å². The zero-order chi connectivity index (χ0) is 22.3. The van der Waals surface area contributed by atoms with Crippen LogP contribution in [-0.4, -0.2) is 16.2 Å². The van der Waals surface area contributed by atoms with Gasteiger partial charge >= 0.3 is 0 Å². The van der Waals surface area contributed by atoms with Gasteiger partial charge in [0.1, 0.15) is 5.75 Å². The first-order valence-corrected chi connectivity index (χ1v) is 11.0. The van der Waals surface area contributed by atoms with Crippen LogP contribution in [0.5, 0.6) is 5.75 Å².